The van der Waals surface area contributed by atoms with Gasteiger partial charge in [-0.05, 0) is 6.92 Å². The highest BCUT2D eigenvalue weighted by atomic mass is 32.2. The highest BCUT2D eigenvalue weighted by Crippen LogP contribution is 2.24. The first-order valence-corrected chi connectivity index (χ1v) is 5.24. The summed E-state index contributed by atoms with van der Waals surface area (Å²) in [4.78, 5) is 0. The molecule has 64 valence electrons. The molecule has 6 heteroatoms. The van der Waals surface area contributed by atoms with E-state index in [1.165, 1.54) is 23.1 Å². The summed E-state index contributed by atoms with van der Waals surface area (Å²) in [6, 6.07) is 2.04. The Morgan fingerprint density at radius 2 is 2.50 bits per heavy atom. The van der Waals surface area contributed by atoms with Crippen LogP contribution >= 0.6 is 23.1 Å². The standard InChI is InChI=1S/C6H8N4S2/c1-2-8-5-9-10-6(12-5)11-4-3-7/h2,4H2,1H3,(H,8,9). The summed E-state index contributed by atoms with van der Waals surface area (Å²) < 4.78 is 0.840. The van der Waals surface area contributed by atoms with Crippen LogP contribution in [-0.4, -0.2) is 22.5 Å². The number of aromatic nitrogens is 2. The van der Waals surface area contributed by atoms with E-state index in [1.807, 2.05) is 13.0 Å². The summed E-state index contributed by atoms with van der Waals surface area (Å²) in [6.45, 7) is 2.85. The van der Waals surface area contributed by atoms with E-state index in [-0.39, 0.29) is 0 Å². The first kappa shape index (κ1) is 9.29. The van der Waals surface area contributed by atoms with Crippen molar-refractivity contribution in [2.45, 2.75) is 11.3 Å². The van der Waals surface area contributed by atoms with Crippen molar-refractivity contribution < 1.29 is 0 Å². The third-order valence-electron chi connectivity index (χ3n) is 0.995. The van der Waals surface area contributed by atoms with Crippen molar-refractivity contribution in [3.05, 3.63) is 0 Å². The minimum Gasteiger partial charge on any atom is -0.360 e. The third kappa shape index (κ3) is 2.68. The second kappa shape index (κ2) is 4.95. The zero-order valence-corrected chi connectivity index (χ0v) is 8.21. The number of thioether (sulfide) groups is 1. The van der Waals surface area contributed by atoms with E-state index in [9.17, 15) is 0 Å². The Kier molecular flexibility index (Phi) is 3.84. The summed E-state index contributed by atoms with van der Waals surface area (Å²) in [5.41, 5.74) is 0. The molecule has 1 aromatic rings. The molecule has 1 aromatic heterocycles. The summed E-state index contributed by atoms with van der Waals surface area (Å²) in [6.07, 6.45) is 0. The highest BCUT2D eigenvalue weighted by molar-refractivity contribution is 8.01. The van der Waals surface area contributed by atoms with Gasteiger partial charge < -0.3 is 5.32 Å². The number of anilines is 1. The van der Waals surface area contributed by atoms with E-state index in [2.05, 4.69) is 15.5 Å². The van der Waals surface area contributed by atoms with Crippen molar-refractivity contribution in [3.8, 4) is 6.07 Å². The van der Waals surface area contributed by atoms with Crippen molar-refractivity contribution in [1.29, 1.82) is 5.26 Å². The zero-order chi connectivity index (χ0) is 8.81. The SMILES string of the molecule is CCNc1nnc(SCC#N)s1. The van der Waals surface area contributed by atoms with Gasteiger partial charge in [-0.3, -0.25) is 0 Å². The quantitative estimate of drug-likeness (QED) is 0.748. The van der Waals surface area contributed by atoms with Gasteiger partial charge >= 0.3 is 0 Å². The molecule has 1 heterocycles. The lowest BCUT2D eigenvalue weighted by Crippen LogP contribution is -1.94. The molecule has 0 radical (unpaired) electrons. The lowest BCUT2D eigenvalue weighted by molar-refractivity contribution is 1.00. The smallest absolute Gasteiger partial charge is 0.206 e. The predicted octanol–water partition coefficient (Wildman–Crippen LogP) is 1.59. The van der Waals surface area contributed by atoms with Gasteiger partial charge in [0.2, 0.25) is 5.13 Å². The maximum absolute atomic E-state index is 8.31. The molecule has 1 rings (SSSR count). The second-order valence-corrected chi connectivity index (χ2v) is 4.05. The molecule has 12 heavy (non-hydrogen) atoms. The molecule has 0 atom stereocenters. The van der Waals surface area contributed by atoms with Gasteiger partial charge in [-0.2, -0.15) is 5.26 Å². The Labute approximate surface area is 79.0 Å². The molecule has 0 aliphatic rings. The van der Waals surface area contributed by atoms with Gasteiger partial charge in [-0.15, -0.1) is 10.2 Å². The van der Waals surface area contributed by atoms with Crippen LogP contribution in [0.15, 0.2) is 4.34 Å². The van der Waals surface area contributed by atoms with Crippen molar-refractivity contribution >= 4 is 28.2 Å². The van der Waals surface area contributed by atoms with Gasteiger partial charge in [0.15, 0.2) is 4.34 Å². The number of nitriles is 1. The fourth-order valence-corrected chi connectivity index (χ4v) is 2.07. The van der Waals surface area contributed by atoms with E-state index < -0.39 is 0 Å². The summed E-state index contributed by atoms with van der Waals surface area (Å²) >= 11 is 2.89. The summed E-state index contributed by atoms with van der Waals surface area (Å²) in [5, 5.41) is 20.0. The van der Waals surface area contributed by atoms with Gasteiger partial charge in [-0.25, -0.2) is 0 Å². The lowest BCUT2D eigenvalue weighted by Gasteiger charge is -1.90. The maximum Gasteiger partial charge on any atom is 0.206 e. The molecule has 0 aliphatic carbocycles. The fraction of sp³-hybridized carbons (Fsp3) is 0.500. The summed E-state index contributed by atoms with van der Waals surface area (Å²) in [5.74, 6) is 0.431. The van der Waals surface area contributed by atoms with Crippen molar-refractivity contribution in [2.24, 2.45) is 0 Å². The molecule has 0 amide bonds. The van der Waals surface area contributed by atoms with Crippen LogP contribution in [0.25, 0.3) is 0 Å². The minimum absolute atomic E-state index is 0.431. The number of hydrogen-bond donors (Lipinski definition) is 1. The first-order chi connectivity index (χ1) is 5.86. The average molecular weight is 200 g/mol. The number of rotatable bonds is 4. The Bertz CT molecular complexity index is 277. The zero-order valence-electron chi connectivity index (χ0n) is 6.57. The second-order valence-electron chi connectivity index (χ2n) is 1.85. The third-order valence-corrected chi connectivity index (χ3v) is 2.88. The maximum atomic E-state index is 8.31. The number of nitrogens with zero attached hydrogens (tertiary/aromatic N) is 3. The van der Waals surface area contributed by atoms with Crippen molar-refractivity contribution in [3.63, 3.8) is 0 Å². The van der Waals surface area contributed by atoms with Crippen molar-refractivity contribution in [2.75, 3.05) is 17.6 Å². The monoisotopic (exact) mass is 200 g/mol. The molecule has 4 nitrogen and oxygen atoms in total. The molecular weight excluding hydrogens is 192 g/mol. The number of hydrogen-bond acceptors (Lipinski definition) is 6. The molecule has 1 N–H and O–H groups in total. The van der Waals surface area contributed by atoms with Crippen LogP contribution < -0.4 is 5.32 Å². The van der Waals surface area contributed by atoms with Crippen LogP contribution in [-0.2, 0) is 0 Å². The highest BCUT2D eigenvalue weighted by Gasteiger charge is 2.01. The van der Waals surface area contributed by atoms with E-state index in [1.54, 1.807) is 0 Å². The van der Waals surface area contributed by atoms with Crippen LogP contribution in [0.1, 0.15) is 6.92 Å². The van der Waals surface area contributed by atoms with E-state index >= 15 is 0 Å². The molecule has 0 unspecified atom stereocenters. The molecule has 0 bridgehead atoms. The van der Waals surface area contributed by atoms with Crippen LogP contribution in [0.5, 0.6) is 0 Å². The van der Waals surface area contributed by atoms with E-state index in [0.717, 1.165) is 16.0 Å². The molecule has 0 aromatic carbocycles. The fourth-order valence-electron chi connectivity index (χ4n) is 0.585. The number of nitrogens with one attached hydrogen (secondary N) is 1. The topological polar surface area (TPSA) is 61.6 Å². The van der Waals surface area contributed by atoms with Gasteiger partial charge in [0.1, 0.15) is 0 Å². The molecule has 0 saturated heterocycles. The van der Waals surface area contributed by atoms with Gasteiger partial charge in [0.05, 0.1) is 11.8 Å². The predicted molar refractivity (Wildman–Crippen MR) is 50.4 cm³/mol. The Morgan fingerprint density at radius 3 is 3.17 bits per heavy atom. The first-order valence-electron chi connectivity index (χ1n) is 3.44. The summed E-state index contributed by atoms with van der Waals surface area (Å²) in [7, 11) is 0. The lowest BCUT2D eigenvalue weighted by atomic mass is 10.8. The Morgan fingerprint density at radius 1 is 1.67 bits per heavy atom. The molecular formula is C6H8N4S2. The molecule has 0 spiro atoms. The minimum atomic E-state index is 0.431. The van der Waals surface area contributed by atoms with Crippen LogP contribution in [0.3, 0.4) is 0 Å². The largest absolute Gasteiger partial charge is 0.360 e. The normalized spacial score (nSPS) is 9.33. The van der Waals surface area contributed by atoms with Crippen LogP contribution in [0.4, 0.5) is 5.13 Å². The van der Waals surface area contributed by atoms with Gasteiger partial charge in [0.25, 0.3) is 0 Å². The van der Waals surface area contributed by atoms with Crippen LogP contribution in [0.2, 0.25) is 0 Å². The van der Waals surface area contributed by atoms with Crippen LogP contribution in [0, 0.1) is 11.3 Å². The van der Waals surface area contributed by atoms with E-state index in [4.69, 9.17) is 5.26 Å². The Balaban J connectivity index is 2.47. The van der Waals surface area contributed by atoms with Crippen molar-refractivity contribution in [1.82, 2.24) is 10.2 Å². The molecule has 0 fully saturated rings. The molecule has 0 aliphatic heterocycles. The van der Waals surface area contributed by atoms with Gasteiger partial charge in [-0.1, -0.05) is 23.1 Å². The Hall–Kier alpha value is -0.800. The molecule has 0 saturated carbocycles. The van der Waals surface area contributed by atoms with Gasteiger partial charge in [0, 0.05) is 6.54 Å². The van der Waals surface area contributed by atoms with E-state index in [0.29, 0.717) is 5.75 Å². The average Bonchev–Trinajstić information content (AvgIpc) is 2.50.